The average molecular weight is 250 g/mol. The molecule has 0 aromatic heterocycles. The van der Waals surface area contributed by atoms with E-state index in [0.29, 0.717) is 24.0 Å². The second kappa shape index (κ2) is 5.29. The van der Waals surface area contributed by atoms with E-state index < -0.39 is 11.6 Å². The van der Waals surface area contributed by atoms with Gasteiger partial charge in [-0.05, 0) is 18.1 Å². The summed E-state index contributed by atoms with van der Waals surface area (Å²) >= 11 is 3.19. The summed E-state index contributed by atoms with van der Waals surface area (Å²) < 4.78 is 25.5. The molecule has 0 heterocycles. The number of hydrogen-bond donors (Lipinski definition) is 1. The predicted octanol–water partition coefficient (Wildman–Crippen LogP) is 2.45. The van der Waals surface area contributed by atoms with E-state index in [1.54, 1.807) is 0 Å². The van der Waals surface area contributed by atoms with Crippen molar-refractivity contribution in [2.45, 2.75) is 6.42 Å². The van der Waals surface area contributed by atoms with Crippen LogP contribution in [0.25, 0.3) is 0 Å². The van der Waals surface area contributed by atoms with Crippen molar-refractivity contribution in [3.05, 3.63) is 35.4 Å². The van der Waals surface area contributed by atoms with Crippen molar-refractivity contribution in [2.75, 3.05) is 12.0 Å². The van der Waals surface area contributed by atoms with E-state index in [1.165, 1.54) is 12.1 Å². The predicted molar refractivity (Wildman–Crippen MR) is 51.9 cm³/mol. The van der Waals surface area contributed by atoms with E-state index in [0.717, 1.165) is 6.07 Å². The minimum absolute atomic E-state index is 0.476. The fourth-order valence-electron chi connectivity index (χ4n) is 1.01. The largest absolute Gasteiger partial charge is 0.307 e. The molecule has 72 valence electrons. The summed E-state index contributed by atoms with van der Waals surface area (Å²) in [4.78, 5) is 0. The van der Waals surface area contributed by atoms with Crippen molar-refractivity contribution in [3.63, 3.8) is 0 Å². The summed E-state index contributed by atoms with van der Waals surface area (Å²) in [5.41, 5.74) is 1.21. The zero-order valence-corrected chi connectivity index (χ0v) is 8.57. The second-order valence-corrected chi connectivity index (χ2v) is 3.18. The van der Waals surface area contributed by atoms with Crippen molar-refractivity contribution in [1.82, 2.24) is 5.32 Å². The van der Waals surface area contributed by atoms with Crippen molar-refractivity contribution in [2.24, 2.45) is 0 Å². The minimum Gasteiger partial charge on any atom is -0.307 e. The maximum Gasteiger partial charge on any atom is 0.129 e. The van der Waals surface area contributed by atoms with Gasteiger partial charge in [0.15, 0.2) is 0 Å². The molecule has 1 aromatic carbocycles. The van der Waals surface area contributed by atoms with Gasteiger partial charge in [-0.1, -0.05) is 22.0 Å². The molecule has 0 radical (unpaired) electrons. The zero-order valence-electron chi connectivity index (χ0n) is 6.99. The Morgan fingerprint density at radius 1 is 1.31 bits per heavy atom. The molecule has 0 saturated carbocycles. The smallest absolute Gasteiger partial charge is 0.129 e. The van der Waals surface area contributed by atoms with Crippen molar-refractivity contribution >= 4 is 15.9 Å². The number of nitrogens with one attached hydrogen (secondary N) is 1. The first-order valence-corrected chi connectivity index (χ1v) is 5.07. The van der Waals surface area contributed by atoms with E-state index in [9.17, 15) is 8.78 Å². The third-order valence-electron chi connectivity index (χ3n) is 1.68. The van der Waals surface area contributed by atoms with Gasteiger partial charge in [-0.3, -0.25) is 0 Å². The molecule has 0 aliphatic carbocycles. The number of rotatable bonds is 4. The van der Waals surface area contributed by atoms with E-state index >= 15 is 0 Å². The highest BCUT2D eigenvalue weighted by molar-refractivity contribution is 9.09. The summed E-state index contributed by atoms with van der Waals surface area (Å²) in [6.07, 6.45) is 0.567. The van der Waals surface area contributed by atoms with Gasteiger partial charge >= 0.3 is 0 Å². The summed E-state index contributed by atoms with van der Waals surface area (Å²) in [7, 11) is 0. The number of benzene rings is 1. The van der Waals surface area contributed by atoms with Gasteiger partial charge in [0.25, 0.3) is 0 Å². The molecule has 0 aliphatic heterocycles. The highest BCUT2D eigenvalue weighted by Gasteiger charge is 2.02. The standard InChI is InChI=1S/C9H10BrF2N/c10-6-13-4-3-7-1-2-8(11)5-9(7)12/h1-2,5,13H,3-4,6H2. The Morgan fingerprint density at radius 3 is 2.69 bits per heavy atom. The lowest BCUT2D eigenvalue weighted by Gasteiger charge is -2.02. The molecule has 1 aromatic rings. The monoisotopic (exact) mass is 249 g/mol. The van der Waals surface area contributed by atoms with Gasteiger partial charge in [0, 0.05) is 12.6 Å². The summed E-state index contributed by atoms with van der Waals surface area (Å²) in [6, 6.07) is 3.65. The Labute approximate surface area is 84.3 Å². The molecule has 0 amide bonds. The highest BCUT2D eigenvalue weighted by Crippen LogP contribution is 2.09. The van der Waals surface area contributed by atoms with E-state index in [1.807, 2.05) is 0 Å². The van der Waals surface area contributed by atoms with E-state index in [4.69, 9.17) is 0 Å². The number of hydrogen-bond acceptors (Lipinski definition) is 1. The fourth-order valence-corrected chi connectivity index (χ4v) is 1.29. The molecular formula is C9H10BrF2N. The van der Waals surface area contributed by atoms with Gasteiger partial charge in [-0.15, -0.1) is 0 Å². The summed E-state index contributed by atoms with van der Waals surface area (Å²) in [5, 5.41) is 2.99. The molecule has 0 atom stereocenters. The maximum atomic E-state index is 13.0. The van der Waals surface area contributed by atoms with Crippen LogP contribution >= 0.6 is 15.9 Å². The third-order valence-corrected chi connectivity index (χ3v) is 2.08. The second-order valence-electron chi connectivity index (χ2n) is 2.62. The zero-order chi connectivity index (χ0) is 9.68. The first-order chi connectivity index (χ1) is 6.24. The summed E-state index contributed by atoms with van der Waals surface area (Å²) in [6.45, 7) is 0.674. The van der Waals surface area contributed by atoms with Gasteiger partial charge in [-0.2, -0.15) is 0 Å². The fraction of sp³-hybridized carbons (Fsp3) is 0.333. The van der Waals surface area contributed by atoms with Gasteiger partial charge in [-0.25, -0.2) is 8.78 Å². The summed E-state index contributed by atoms with van der Waals surface area (Å²) in [5.74, 6) is -1.01. The van der Waals surface area contributed by atoms with Crippen LogP contribution in [-0.2, 0) is 6.42 Å². The Hall–Kier alpha value is -0.480. The van der Waals surface area contributed by atoms with Crippen molar-refractivity contribution in [1.29, 1.82) is 0 Å². The Bertz CT molecular complexity index is 278. The lowest BCUT2D eigenvalue weighted by molar-refractivity contribution is 0.569. The van der Waals surface area contributed by atoms with Gasteiger partial charge in [0.2, 0.25) is 0 Å². The van der Waals surface area contributed by atoms with E-state index in [2.05, 4.69) is 21.2 Å². The molecule has 0 unspecified atom stereocenters. The third kappa shape index (κ3) is 3.40. The molecular weight excluding hydrogens is 240 g/mol. The van der Waals surface area contributed by atoms with Crippen molar-refractivity contribution in [3.8, 4) is 0 Å². The SMILES string of the molecule is Fc1ccc(CCNCBr)c(F)c1. The van der Waals surface area contributed by atoms with Crippen LogP contribution in [0.4, 0.5) is 8.78 Å². The molecule has 0 fully saturated rings. The lowest BCUT2D eigenvalue weighted by atomic mass is 10.1. The topological polar surface area (TPSA) is 12.0 Å². The van der Waals surface area contributed by atoms with Crippen LogP contribution in [0.15, 0.2) is 18.2 Å². The van der Waals surface area contributed by atoms with Crippen LogP contribution < -0.4 is 5.32 Å². The Kier molecular flexibility index (Phi) is 4.32. The molecule has 1 N–H and O–H groups in total. The number of alkyl halides is 1. The highest BCUT2D eigenvalue weighted by atomic mass is 79.9. The maximum absolute atomic E-state index is 13.0. The first kappa shape index (κ1) is 10.6. The molecule has 13 heavy (non-hydrogen) atoms. The van der Waals surface area contributed by atoms with Crippen LogP contribution in [0.3, 0.4) is 0 Å². The molecule has 0 aliphatic rings. The Balaban J connectivity index is 2.56. The normalized spacial score (nSPS) is 10.4. The van der Waals surface area contributed by atoms with E-state index in [-0.39, 0.29) is 0 Å². The van der Waals surface area contributed by atoms with Gasteiger partial charge < -0.3 is 5.32 Å². The Morgan fingerprint density at radius 2 is 2.08 bits per heavy atom. The lowest BCUT2D eigenvalue weighted by Crippen LogP contribution is -2.15. The van der Waals surface area contributed by atoms with Crippen LogP contribution in [0.1, 0.15) is 5.56 Å². The van der Waals surface area contributed by atoms with Crippen LogP contribution in [0.5, 0.6) is 0 Å². The molecule has 1 nitrogen and oxygen atoms in total. The minimum atomic E-state index is -0.533. The first-order valence-electron chi connectivity index (χ1n) is 3.94. The van der Waals surface area contributed by atoms with Gasteiger partial charge in [0.05, 0.1) is 5.45 Å². The molecule has 1 rings (SSSR count). The number of halogens is 3. The van der Waals surface area contributed by atoms with Crippen LogP contribution in [-0.4, -0.2) is 12.0 Å². The van der Waals surface area contributed by atoms with Crippen LogP contribution in [0, 0.1) is 11.6 Å². The molecule has 0 spiro atoms. The van der Waals surface area contributed by atoms with Crippen molar-refractivity contribution < 1.29 is 8.78 Å². The van der Waals surface area contributed by atoms with Gasteiger partial charge in [0.1, 0.15) is 11.6 Å². The molecule has 0 saturated heterocycles. The molecule has 4 heteroatoms. The molecule has 0 bridgehead atoms. The quantitative estimate of drug-likeness (QED) is 0.491. The van der Waals surface area contributed by atoms with Crippen LogP contribution in [0.2, 0.25) is 0 Å². The average Bonchev–Trinajstić information content (AvgIpc) is 2.09.